The van der Waals surface area contributed by atoms with Crippen LogP contribution in [-0.2, 0) is 11.3 Å². The summed E-state index contributed by atoms with van der Waals surface area (Å²) in [6, 6.07) is 5.91. The zero-order valence-corrected chi connectivity index (χ0v) is 15.5. The molecule has 1 aromatic rings. The van der Waals surface area contributed by atoms with E-state index in [0.717, 1.165) is 75.5 Å². The molecule has 1 aromatic carbocycles. The summed E-state index contributed by atoms with van der Waals surface area (Å²) in [5, 5.41) is 0. The van der Waals surface area contributed by atoms with Gasteiger partial charge in [-0.05, 0) is 56.8 Å². The smallest absolute Gasteiger partial charge is 0.226 e. The Morgan fingerprint density at radius 3 is 2.60 bits per heavy atom. The Bertz CT molecular complexity index is 584. The van der Waals surface area contributed by atoms with Gasteiger partial charge in [0.05, 0.1) is 20.1 Å². The number of hydrogen-bond donors (Lipinski definition) is 0. The topological polar surface area (TPSA) is 42.0 Å². The molecule has 1 amide bonds. The van der Waals surface area contributed by atoms with Gasteiger partial charge in [0.25, 0.3) is 0 Å². The third kappa shape index (κ3) is 4.46. The van der Waals surface area contributed by atoms with Crippen LogP contribution in [0.25, 0.3) is 0 Å². The minimum absolute atomic E-state index is 0.142. The maximum atomic E-state index is 12.8. The molecule has 2 saturated heterocycles. The van der Waals surface area contributed by atoms with Crippen molar-refractivity contribution in [3.8, 4) is 11.5 Å². The van der Waals surface area contributed by atoms with E-state index in [9.17, 15) is 4.79 Å². The Hall–Kier alpha value is -1.75. The maximum absolute atomic E-state index is 12.8. The molecule has 0 aromatic heterocycles. The van der Waals surface area contributed by atoms with Crippen LogP contribution in [0, 0.1) is 5.92 Å². The van der Waals surface area contributed by atoms with Crippen molar-refractivity contribution in [1.82, 2.24) is 9.80 Å². The monoisotopic (exact) mass is 346 g/mol. The Kier molecular flexibility index (Phi) is 6.19. The third-order valence-corrected chi connectivity index (χ3v) is 5.40. The van der Waals surface area contributed by atoms with Crippen LogP contribution in [0.2, 0.25) is 0 Å². The lowest BCUT2D eigenvalue weighted by atomic mass is 9.95. The SMILES string of the molecule is COc1ccc(OC)c(CN2CCC[C@H](C(=O)N3CCCCC3)C2)c1. The van der Waals surface area contributed by atoms with E-state index in [1.807, 2.05) is 18.2 Å². The molecule has 2 aliphatic heterocycles. The highest BCUT2D eigenvalue weighted by atomic mass is 16.5. The summed E-state index contributed by atoms with van der Waals surface area (Å²) in [5.41, 5.74) is 1.12. The fourth-order valence-electron chi connectivity index (χ4n) is 4.02. The largest absolute Gasteiger partial charge is 0.497 e. The standard InChI is InChI=1S/C20H30N2O3/c1-24-18-8-9-19(25-2)17(13-18)15-21-10-6-7-16(14-21)20(23)22-11-4-3-5-12-22/h8-9,13,16H,3-7,10-12,14-15H2,1-2H3/t16-/m0/s1. The van der Waals surface area contributed by atoms with Gasteiger partial charge in [-0.3, -0.25) is 9.69 Å². The molecule has 0 spiro atoms. The summed E-state index contributed by atoms with van der Waals surface area (Å²) in [4.78, 5) is 17.3. The summed E-state index contributed by atoms with van der Waals surface area (Å²) < 4.78 is 10.8. The Labute approximate surface area is 150 Å². The average molecular weight is 346 g/mol. The van der Waals surface area contributed by atoms with E-state index in [4.69, 9.17) is 9.47 Å². The number of carbonyl (C=O) groups is 1. The molecule has 0 N–H and O–H groups in total. The molecule has 0 bridgehead atoms. The van der Waals surface area contributed by atoms with Crippen LogP contribution in [-0.4, -0.2) is 56.1 Å². The van der Waals surface area contributed by atoms with Crippen LogP contribution >= 0.6 is 0 Å². The molecule has 138 valence electrons. The Morgan fingerprint density at radius 1 is 1.08 bits per heavy atom. The van der Waals surface area contributed by atoms with Gasteiger partial charge in [-0.2, -0.15) is 0 Å². The summed E-state index contributed by atoms with van der Waals surface area (Å²) in [6.07, 6.45) is 5.67. The molecule has 5 nitrogen and oxygen atoms in total. The van der Waals surface area contributed by atoms with Gasteiger partial charge >= 0.3 is 0 Å². The van der Waals surface area contributed by atoms with Crippen molar-refractivity contribution in [2.75, 3.05) is 40.4 Å². The second-order valence-corrected chi connectivity index (χ2v) is 7.14. The van der Waals surface area contributed by atoms with E-state index >= 15 is 0 Å². The van der Waals surface area contributed by atoms with Gasteiger partial charge in [-0.1, -0.05) is 0 Å². The fraction of sp³-hybridized carbons (Fsp3) is 0.650. The number of hydrogen-bond acceptors (Lipinski definition) is 4. The molecule has 3 rings (SSSR count). The molecule has 2 aliphatic rings. The molecular weight excluding hydrogens is 316 g/mol. The highest BCUT2D eigenvalue weighted by Crippen LogP contribution is 2.28. The quantitative estimate of drug-likeness (QED) is 0.822. The Balaban J connectivity index is 1.64. The lowest BCUT2D eigenvalue weighted by molar-refractivity contribution is -0.138. The van der Waals surface area contributed by atoms with Crippen LogP contribution in [0.1, 0.15) is 37.7 Å². The number of rotatable bonds is 5. The van der Waals surface area contributed by atoms with Gasteiger partial charge in [0.1, 0.15) is 11.5 Å². The molecule has 0 aliphatic carbocycles. The van der Waals surface area contributed by atoms with E-state index in [1.54, 1.807) is 14.2 Å². The lowest BCUT2D eigenvalue weighted by Crippen LogP contribution is -2.46. The predicted molar refractivity (Wildman–Crippen MR) is 98.0 cm³/mol. The number of piperidine rings is 2. The van der Waals surface area contributed by atoms with Crippen LogP contribution in [0.15, 0.2) is 18.2 Å². The number of nitrogens with zero attached hydrogens (tertiary/aromatic N) is 2. The van der Waals surface area contributed by atoms with E-state index < -0.39 is 0 Å². The first kappa shape index (κ1) is 18.1. The van der Waals surface area contributed by atoms with Gasteiger partial charge < -0.3 is 14.4 Å². The molecule has 0 saturated carbocycles. The average Bonchev–Trinajstić information content (AvgIpc) is 2.68. The van der Waals surface area contributed by atoms with Crippen molar-refractivity contribution in [1.29, 1.82) is 0 Å². The van der Waals surface area contributed by atoms with Crippen LogP contribution in [0.4, 0.5) is 0 Å². The summed E-state index contributed by atoms with van der Waals surface area (Å²) in [5.74, 6) is 2.23. The van der Waals surface area contributed by atoms with Crippen molar-refractivity contribution in [3.63, 3.8) is 0 Å². The first-order valence-corrected chi connectivity index (χ1v) is 9.43. The molecule has 2 heterocycles. The summed E-state index contributed by atoms with van der Waals surface area (Å²) >= 11 is 0. The van der Waals surface area contributed by atoms with E-state index in [-0.39, 0.29) is 5.92 Å². The van der Waals surface area contributed by atoms with Crippen LogP contribution < -0.4 is 9.47 Å². The number of amides is 1. The van der Waals surface area contributed by atoms with Gasteiger partial charge in [0.2, 0.25) is 5.91 Å². The van der Waals surface area contributed by atoms with Crippen LogP contribution in [0.5, 0.6) is 11.5 Å². The zero-order valence-electron chi connectivity index (χ0n) is 15.5. The van der Waals surface area contributed by atoms with Crippen LogP contribution in [0.3, 0.4) is 0 Å². The number of benzene rings is 1. The molecule has 5 heteroatoms. The summed E-state index contributed by atoms with van der Waals surface area (Å²) in [6.45, 7) is 4.56. The minimum atomic E-state index is 0.142. The van der Waals surface area contributed by atoms with Gasteiger partial charge in [0.15, 0.2) is 0 Å². The molecule has 1 atom stereocenters. The number of likely N-dealkylation sites (tertiary alicyclic amines) is 2. The van der Waals surface area contributed by atoms with Gasteiger partial charge in [-0.15, -0.1) is 0 Å². The molecule has 0 radical (unpaired) electrons. The molecule has 2 fully saturated rings. The highest BCUT2D eigenvalue weighted by molar-refractivity contribution is 5.79. The van der Waals surface area contributed by atoms with Crippen molar-refractivity contribution in [2.24, 2.45) is 5.92 Å². The summed E-state index contributed by atoms with van der Waals surface area (Å²) in [7, 11) is 3.38. The van der Waals surface area contributed by atoms with Crippen molar-refractivity contribution < 1.29 is 14.3 Å². The van der Waals surface area contributed by atoms with E-state index in [0.29, 0.717) is 5.91 Å². The lowest BCUT2D eigenvalue weighted by Gasteiger charge is -2.36. The predicted octanol–water partition coefficient (Wildman–Crippen LogP) is 2.93. The minimum Gasteiger partial charge on any atom is -0.497 e. The first-order valence-electron chi connectivity index (χ1n) is 9.43. The van der Waals surface area contributed by atoms with E-state index in [2.05, 4.69) is 9.80 Å². The van der Waals surface area contributed by atoms with Gasteiger partial charge in [-0.25, -0.2) is 0 Å². The number of methoxy groups -OCH3 is 2. The maximum Gasteiger partial charge on any atom is 0.226 e. The third-order valence-electron chi connectivity index (χ3n) is 5.40. The second-order valence-electron chi connectivity index (χ2n) is 7.14. The highest BCUT2D eigenvalue weighted by Gasteiger charge is 2.30. The molecule has 25 heavy (non-hydrogen) atoms. The molecule has 0 unspecified atom stereocenters. The fourth-order valence-corrected chi connectivity index (χ4v) is 4.02. The van der Waals surface area contributed by atoms with Crippen molar-refractivity contribution >= 4 is 5.91 Å². The molecular formula is C20H30N2O3. The first-order chi connectivity index (χ1) is 12.2. The van der Waals surface area contributed by atoms with Crippen molar-refractivity contribution in [2.45, 2.75) is 38.6 Å². The number of carbonyl (C=O) groups excluding carboxylic acids is 1. The Morgan fingerprint density at radius 2 is 1.88 bits per heavy atom. The normalized spacial score (nSPS) is 21.8. The van der Waals surface area contributed by atoms with Gasteiger partial charge in [0, 0.05) is 31.7 Å². The number of ether oxygens (including phenoxy) is 2. The van der Waals surface area contributed by atoms with Crippen molar-refractivity contribution in [3.05, 3.63) is 23.8 Å². The second kappa shape index (κ2) is 8.56. The zero-order chi connectivity index (χ0) is 17.6. The van der Waals surface area contributed by atoms with E-state index in [1.165, 1.54) is 6.42 Å².